The van der Waals surface area contributed by atoms with E-state index in [0.29, 0.717) is 12.2 Å². The number of aryl methyl sites for hydroxylation is 1. The predicted molar refractivity (Wildman–Crippen MR) is 81.8 cm³/mol. The van der Waals surface area contributed by atoms with Crippen LogP contribution >= 0.6 is 12.4 Å². The zero-order valence-corrected chi connectivity index (χ0v) is 12.4. The van der Waals surface area contributed by atoms with Gasteiger partial charge in [-0.3, -0.25) is 4.79 Å². The first-order chi connectivity index (χ1) is 9.22. The minimum atomic E-state index is -0.145. The number of amides is 1. The van der Waals surface area contributed by atoms with Crippen molar-refractivity contribution >= 4 is 18.3 Å². The molecule has 0 saturated carbocycles. The molecule has 0 aliphatic heterocycles. The van der Waals surface area contributed by atoms with Crippen molar-refractivity contribution in [1.82, 2.24) is 20.4 Å². The molecule has 1 heterocycles. The van der Waals surface area contributed by atoms with Crippen LogP contribution in [0.15, 0.2) is 36.4 Å². The normalized spacial score (nSPS) is 9.90. The van der Waals surface area contributed by atoms with E-state index in [1.165, 1.54) is 0 Å². The fraction of sp³-hybridized carbons (Fsp3) is 0.286. The quantitative estimate of drug-likeness (QED) is 0.823. The van der Waals surface area contributed by atoms with Gasteiger partial charge in [-0.2, -0.15) is 5.10 Å². The largest absolute Gasteiger partial charge is 0.349 e. The molecule has 0 aliphatic carbocycles. The van der Waals surface area contributed by atoms with Crippen LogP contribution in [0.5, 0.6) is 0 Å². The Balaban J connectivity index is 0.00000200. The first-order valence-electron chi connectivity index (χ1n) is 6.27. The second-order valence-electron chi connectivity index (χ2n) is 4.28. The molecule has 0 saturated heterocycles. The van der Waals surface area contributed by atoms with Crippen LogP contribution in [0, 0.1) is 6.92 Å². The molecule has 1 aromatic carbocycles. The molecule has 0 spiro atoms. The summed E-state index contributed by atoms with van der Waals surface area (Å²) >= 11 is 0. The van der Waals surface area contributed by atoms with Gasteiger partial charge in [-0.05, 0) is 32.2 Å². The summed E-state index contributed by atoms with van der Waals surface area (Å²) in [5, 5.41) is 10.1. The van der Waals surface area contributed by atoms with Gasteiger partial charge < -0.3 is 10.6 Å². The molecule has 1 amide bonds. The fourth-order valence-corrected chi connectivity index (χ4v) is 1.81. The van der Waals surface area contributed by atoms with E-state index < -0.39 is 0 Å². The summed E-state index contributed by atoms with van der Waals surface area (Å²) in [5.41, 5.74) is 2.33. The minimum absolute atomic E-state index is 0. The molecular weight excluding hydrogens is 276 g/mol. The Morgan fingerprint density at radius 3 is 2.60 bits per heavy atom. The summed E-state index contributed by atoms with van der Waals surface area (Å²) in [6.07, 6.45) is 0. The van der Waals surface area contributed by atoms with Gasteiger partial charge in [-0.25, -0.2) is 4.68 Å². The van der Waals surface area contributed by atoms with Crippen molar-refractivity contribution in [1.29, 1.82) is 0 Å². The van der Waals surface area contributed by atoms with E-state index in [9.17, 15) is 4.79 Å². The van der Waals surface area contributed by atoms with Crippen molar-refractivity contribution in [3.05, 3.63) is 47.8 Å². The van der Waals surface area contributed by atoms with Gasteiger partial charge in [0.25, 0.3) is 5.91 Å². The summed E-state index contributed by atoms with van der Waals surface area (Å²) in [6.45, 7) is 3.26. The van der Waals surface area contributed by atoms with Crippen LogP contribution in [-0.2, 0) is 0 Å². The number of para-hydroxylation sites is 1. The van der Waals surface area contributed by atoms with Gasteiger partial charge in [0, 0.05) is 18.8 Å². The Morgan fingerprint density at radius 1 is 1.25 bits per heavy atom. The number of carbonyl (C=O) groups is 1. The van der Waals surface area contributed by atoms with Gasteiger partial charge >= 0.3 is 0 Å². The second kappa shape index (κ2) is 7.67. The summed E-state index contributed by atoms with van der Waals surface area (Å²) in [6, 6.07) is 11.6. The second-order valence-corrected chi connectivity index (χ2v) is 4.28. The van der Waals surface area contributed by atoms with Crippen LogP contribution in [0.1, 0.15) is 16.2 Å². The molecule has 5 nitrogen and oxygen atoms in total. The van der Waals surface area contributed by atoms with Gasteiger partial charge in [0.15, 0.2) is 5.69 Å². The summed E-state index contributed by atoms with van der Waals surface area (Å²) in [7, 11) is 1.85. The van der Waals surface area contributed by atoms with Crippen molar-refractivity contribution in [3.8, 4) is 5.69 Å². The Bertz CT molecular complexity index is 554. The first kappa shape index (κ1) is 16.2. The molecule has 108 valence electrons. The van der Waals surface area contributed by atoms with Crippen LogP contribution in [0.4, 0.5) is 0 Å². The molecule has 6 heteroatoms. The molecule has 20 heavy (non-hydrogen) atoms. The standard InChI is InChI=1S/C14H18N4O.ClH/c1-11-10-13(14(19)16-9-8-15-2)17-18(11)12-6-4-3-5-7-12;/h3-7,10,15H,8-9H2,1-2H3,(H,16,19);1H. The number of rotatable bonds is 5. The highest BCUT2D eigenvalue weighted by Gasteiger charge is 2.12. The van der Waals surface area contributed by atoms with Gasteiger partial charge in [0.2, 0.25) is 0 Å². The van der Waals surface area contributed by atoms with E-state index in [0.717, 1.165) is 17.9 Å². The van der Waals surface area contributed by atoms with Crippen LogP contribution in [-0.4, -0.2) is 35.8 Å². The third kappa shape index (κ3) is 3.82. The number of nitrogens with one attached hydrogen (secondary N) is 2. The summed E-state index contributed by atoms with van der Waals surface area (Å²) < 4.78 is 1.77. The van der Waals surface area contributed by atoms with Gasteiger partial charge in [0.05, 0.1) is 5.69 Å². The minimum Gasteiger partial charge on any atom is -0.349 e. The number of aromatic nitrogens is 2. The van der Waals surface area contributed by atoms with Crippen LogP contribution in [0.3, 0.4) is 0 Å². The lowest BCUT2D eigenvalue weighted by atomic mass is 10.3. The molecule has 2 rings (SSSR count). The van der Waals surface area contributed by atoms with E-state index >= 15 is 0 Å². The Morgan fingerprint density at radius 2 is 1.95 bits per heavy atom. The topological polar surface area (TPSA) is 58.9 Å². The molecular formula is C14H19ClN4O. The zero-order valence-electron chi connectivity index (χ0n) is 11.6. The average molecular weight is 295 g/mol. The van der Waals surface area contributed by atoms with E-state index in [1.807, 2.05) is 44.3 Å². The van der Waals surface area contributed by atoms with Gasteiger partial charge in [-0.1, -0.05) is 18.2 Å². The van der Waals surface area contributed by atoms with Crippen LogP contribution in [0.2, 0.25) is 0 Å². The number of benzene rings is 1. The van der Waals surface area contributed by atoms with Crippen LogP contribution in [0.25, 0.3) is 5.69 Å². The molecule has 0 fully saturated rings. The van der Waals surface area contributed by atoms with Crippen molar-refractivity contribution < 1.29 is 4.79 Å². The smallest absolute Gasteiger partial charge is 0.271 e. The number of halogens is 1. The molecule has 0 bridgehead atoms. The Labute approximate surface area is 124 Å². The highest BCUT2D eigenvalue weighted by molar-refractivity contribution is 5.92. The molecule has 0 radical (unpaired) electrons. The monoisotopic (exact) mass is 294 g/mol. The molecule has 2 aromatic rings. The first-order valence-corrected chi connectivity index (χ1v) is 6.27. The average Bonchev–Trinajstić information content (AvgIpc) is 2.82. The molecule has 2 N–H and O–H groups in total. The Kier molecular flexibility index (Phi) is 6.21. The van der Waals surface area contributed by atoms with Gasteiger partial charge in [-0.15, -0.1) is 12.4 Å². The third-order valence-electron chi connectivity index (χ3n) is 2.78. The number of hydrogen-bond donors (Lipinski definition) is 2. The maximum atomic E-state index is 11.9. The fourth-order valence-electron chi connectivity index (χ4n) is 1.81. The molecule has 0 aliphatic rings. The van der Waals surface area contributed by atoms with E-state index in [1.54, 1.807) is 10.7 Å². The van der Waals surface area contributed by atoms with E-state index in [-0.39, 0.29) is 18.3 Å². The van der Waals surface area contributed by atoms with Gasteiger partial charge in [0.1, 0.15) is 0 Å². The van der Waals surface area contributed by atoms with Crippen molar-refractivity contribution in [2.24, 2.45) is 0 Å². The summed E-state index contributed by atoms with van der Waals surface area (Å²) in [4.78, 5) is 11.9. The SMILES string of the molecule is CNCCNC(=O)c1cc(C)n(-c2ccccc2)n1.Cl. The predicted octanol–water partition coefficient (Wildman–Crippen LogP) is 1.55. The number of nitrogens with zero attached hydrogens (tertiary/aromatic N) is 2. The molecule has 0 atom stereocenters. The molecule has 0 unspecified atom stereocenters. The highest BCUT2D eigenvalue weighted by atomic mass is 35.5. The number of likely N-dealkylation sites (N-methyl/N-ethyl adjacent to an activating group) is 1. The zero-order chi connectivity index (χ0) is 13.7. The lowest BCUT2D eigenvalue weighted by Crippen LogP contribution is -2.30. The number of carbonyl (C=O) groups excluding carboxylic acids is 1. The number of hydrogen-bond acceptors (Lipinski definition) is 3. The maximum Gasteiger partial charge on any atom is 0.271 e. The maximum absolute atomic E-state index is 11.9. The summed E-state index contributed by atoms with van der Waals surface area (Å²) in [5.74, 6) is -0.145. The molecule has 1 aromatic heterocycles. The van der Waals surface area contributed by atoms with E-state index in [2.05, 4.69) is 15.7 Å². The van der Waals surface area contributed by atoms with E-state index in [4.69, 9.17) is 0 Å². The van der Waals surface area contributed by atoms with Crippen molar-refractivity contribution in [2.45, 2.75) is 6.92 Å². The Hall–Kier alpha value is -1.85. The third-order valence-corrected chi connectivity index (χ3v) is 2.78. The lowest BCUT2D eigenvalue weighted by Gasteiger charge is -2.03. The van der Waals surface area contributed by atoms with Crippen molar-refractivity contribution in [3.63, 3.8) is 0 Å². The van der Waals surface area contributed by atoms with Crippen LogP contribution < -0.4 is 10.6 Å². The van der Waals surface area contributed by atoms with Crippen molar-refractivity contribution in [2.75, 3.05) is 20.1 Å². The lowest BCUT2D eigenvalue weighted by molar-refractivity contribution is 0.0948. The highest BCUT2D eigenvalue weighted by Crippen LogP contribution is 2.11.